The Morgan fingerprint density at radius 1 is 1.07 bits per heavy atom. The first kappa shape index (κ1) is 20.5. The second-order valence-electron chi connectivity index (χ2n) is 5.52. The van der Waals surface area contributed by atoms with Crippen molar-refractivity contribution in [1.82, 2.24) is 5.32 Å². The highest BCUT2D eigenvalue weighted by Gasteiger charge is 2.18. The third-order valence-electron chi connectivity index (χ3n) is 3.70. The summed E-state index contributed by atoms with van der Waals surface area (Å²) in [5.41, 5.74) is 0.799. The summed E-state index contributed by atoms with van der Waals surface area (Å²) in [5, 5.41) is 11.3. The summed E-state index contributed by atoms with van der Waals surface area (Å²) in [7, 11) is 1.44. The van der Waals surface area contributed by atoms with Crippen molar-refractivity contribution >= 4 is 23.5 Å². The molecule has 0 saturated heterocycles. The van der Waals surface area contributed by atoms with Crippen LogP contribution in [-0.2, 0) is 14.3 Å². The van der Waals surface area contributed by atoms with E-state index in [0.717, 1.165) is 0 Å². The van der Waals surface area contributed by atoms with Gasteiger partial charge in [-0.15, -0.1) is 0 Å². The van der Waals surface area contributed by atoms with Crippen LogP contribution in [0, 0.1) is 11.3 Å². The Morgan fingerprint density at radius 2 is 1.75 bits per heavy atom. The first-order valence-corrected chi connectivity index (χ1v) is 8.36. The van der Waals surface area contributed by atoms with Gasteiger partial charge < -0.3 is 14.8 Å². The van der Waals surface area contributed by atoms with Gasteiger partial charge in [0.2, 0.25) is 0 Å². The van der Waals surface area contributed by atoms with E-state index in [0.29, 0.717) is 11.4 Å². The molecule has 2 aromatic rings. The van der Waals surface area contributed by atoms with Crippen molar-refractivity contribution < 1.29 is 23.9 Å². The number of benzene rings is 2. The van der Waals surface area contributed by atoms with Crippen LogP contribution in [0.4, 0.5) is 5.69 Å². The Labute approximate surface area is 162 Å². The number of ether oxygens (including phenoxy) is 2. The molecule has 0 unspecified atom stereocenters. The van der Waals surface area contributed by atoms with Crippen molar-refractivity contribution in [1.29, 1.82) is 5.26 Å². The molecule has 0 heterocycles. The number of esters is 1. The quantitative estimate of drug-likeness (QED) is 0.549. The molecule has 0 aliphatic heterocycles. The maximum absolute atomic E-state index is 12.3. The fraction of sp³-hybridized carbons (Fsp3) is 0.200. The van der Waals surface area contributed by atoms with E-state index in [9.17, 15) is 14.4 Å². The SMILES string of the molecule is COc1ccccc1C(=O)NCC(=O)OCC(=O)N(CC#N)c1ccccc1. The molecule has 144 valence electrons. The average molecular weight is 381 g/mol. The Balaban J connectivity index is 1.87. The Kier molecular flexibility index (Phi) is 7.54. The van der Waals surface area contributed by atoms with E-state index in [1.165, 1.54) is 12.0 Å². The van der Waals surface area contributed by atoms with Gasteiger partial charge in [0.15, 0.2) is 6.61 Å². The van der Waals surface area contributed by atoms with Gasteiger partial charge in [-0.05, 0) is 24.3 Å². The lowest BCUT2D eigenvalue weighted by molar-refractivity contribution is -0.146. The van der Waals surface area contributed by atoms with E-state index < -0.39 is 30.9 Å². The number of anilines is 1. The van der Waals surface area contributed by atoms with Gasteiger partial charge in [0, 0.05) is 5.69 Å². The number of nitrogens with zero attached hydrogens (tertiary/aromatic N) is 2. The summed E-state index contributed by atoms with van der Waals surface area (Å²) in [6, 6.07) is 17.0. The normalized spacial score (nSPS) is 9.71. The molecule has 0 aliphatic rings. The minimum absolute atomic E-state index is 0.176. The van der Waals surface area contributed by atoms with E-state index in [1.54, 1.807) is 54.6 Å². The van der Waals surface area contributed by atoms with Crippen LogP contribution in [0.1, 0.15) is 10.4 Å². The Hall–Kier alpha value is -3.86. The highest BCUT2D eigenvalue weighted by molar-refractivity contribution is 5.99. The van der Waals surface area contributed by atoms with Crippen LogP contribution in [0.2, 0.25) is 0 Å². The molecule has 28 heavy (non-hydrogen) atoms. The van der Waals surface area contributed by atoms with Gasteiger partial charge in [-0.3, -0.25) is 19.3 Å². The van der Waals surface area contributed by atoms with Crippen molar-refractivity contribution in [2.24, 2.45) is 0 Å². The fourth-order valence-electron chi connectivity index (χ4n) is 2.35. The zero-order valence-corrected chi connectivity index (χ0v) is 15.3. The van der Waals surface area contributed by atoms with Crippen molar-refractivity contribution in [2.75, 3.05) is 31.7 Å². The molecule has 0 bridgehead atoms. The van der Waals surface area contributed by atoms with Crippen LogP contribution in [0.25, 0.3) is 0 Å². The number of para-hydroxylation sites is 2. The smallest absolute Gasteiger partial charge is 0.325 e. The first-order chi connectivity index (χ1) is 13.6. The van der Waals surface area contributed by atoms with Gasteiger partial charge in [0.05, 0.1) is 18.7 Å². The van der Waals surface area contributed by atoms with E-state index >= 15 is 0 Å². The van der Waals surface area contributed by atoms with Crippen LogP contribution in [0.3, 0.4) is 0 Å². The van der Waals surface area contributed by atoms with Gasteiger partial charge in [-0.1, -0.05) is 30.3 Å². The molecular formula is C20H19N3O5. The molecular weight excluding hydrogens is 362 g/mol. The lowest BCUT2D eigenvalue weighted by Gasteiger charge is -2.19. The van der Waals surface area contributed by atoms with Crippen molar-refractivity contribution in [3.8, 4) is 11.8 Å². The van der Waals surface area contributed by atoms with Crippen LogP contribution in [0.5, 0.6) is 5.75 Å². The molecule has 1 N–H and O–H groups in total. The van der Waals surface area contributed by atoms with Gasteiger partial charge in [-0.2, -0.15) is 5.26 Å². The fourth-order valence-corrected chi connectivity index (χ4v) is 2.35. The van der Waals surface area contributed by atoms with E-state index in [2.05, 4.69) is 5.32 Å². The van der Waals surface area contributed by atoms with Crippen LogP contribution in [0.15, 0.2) is 54.6 Å². The van der Waals surface area contributed by atoms with E-state index in [1.807, 2.05) is 6.07 Å². The molecule has 2 amide bonds. The predicted molar refractivity (Wildman–Crippen MR) is 101 cm³/mol. The molecule has 2 rings (SSSR count). The van der Waals surface area contributed by atoms with Crippen LogP contribution in [-0.4, -0.2) is 44.6 Å². The highest BCUT2D eigenvalue weighted by Crippen LogP contribution is 2.16. The lowest BCUT2D eigenvalue weighted by Crippen LogP contribution is -2.37. The average Bonchev–Trinajstić information content (AvgIpc) is 2.74. The molecule has 0 aliphatic carbocycles. The second-order valence-corrected chi connectivity index (χ2v) is 5.52. The number of nitriles is 1. The Morgan fingerprint density at radius 3 is 2.43 bits per heavy atom. The van der Waals surface area contributed by atoms with Crippen molar-refractivity contribution in [3.05, 3.63) is 60.2 Å². The number of amides is 2. The molecule has 0 aromatic heterocycles. The van der Waals surface area contributed by atoms with Crippen molar-refractivity contribution in [2.45, 2.75) is 0 Å². The monoisotopic (exact) mass is 381 g/mol. The molecule has 8 heteroatoms. The van der Waals surface area contributed by atoms with E-state index in [-0.39, 0.29) is 12.1 Å². The number of carbonyl (C=O) groups is 3. The summed E-state index contributed by atoms with van der Waals surface area (Å²) >= 11 is 0. The molecule has 0 spiro atoms. The minimum atomic E-state index is -0.776. The third-order valence-corrected chi connectivity index (χ3v) is 3.70. The lowest BCUT2D eigenvalue weighted by atomic mass is 10.2. The summed E-state index contributed by atoms with van der Waals surface area (Å²) in [6.45, 7) is -1.13. The molecule has 0 radical (unpaired) electrons. The number of hydrogen-bond acceptors (Lipinski definition) is 6. The highest BCUT2D eigenvalue weighted by atomic mass is 16.5. The molecule has 2 aromatic carbocycles. The first-order valence-electron chi connectivity index (χ1n) is 8.36. The van der Waals surface area contributed by atoms with Gasteiger partial charge in [0.1, 0.15) is 18.8 Å². The number of carbonyl (C=O) groups excluding carboxylic acids is 3. The predicted octanol–water partition coefficient (Wildman–Crippen LogP) is 1.52. The number of nitrogens with one attached hydrogen (secondary N) is 1. The largest absolute Gasteiger partial charge is 0.496 e. The van der Waals surface area contributed by atoms with Gasteiger partial charge in [0.25, 0.3) is 11.8 Å². The topological polar surface area (TPSA) is 109 Å². The van der Waals surface area contributed by atoms with Gasteiger partial charge in [-0.25, -0.2) is 0 Å². The summed E-state index contributed by atoms with van der Waals surface area (Å²) in [4.78, 5) is 37.5. The van der Waals surface area contributed by atoms with Crippen LogP contribution >= 0.6 is 0 Å². The zero-order chi connectivity index (χ0) is 20.4. The second kappa shape index (κ2) is 10.3. The van der Waals surface area contributed by atoms with Gasteiger partial charge >= 0.3 is 5.97 Å². The number of methoxy groups -OCH3 is 1. The van der Waals surface area contributed by atoms with E-state index in [4.69, 9.17) is 14.7 Å². The standard InChI is InChI=1S/C20H19N3O5/c1-27-17-10-6-5-9-16(17)20(26)22-13-19(25)28-14-18(24)23(12-11-21)15-7-3-2-4-8-15/h2-10H,12-14H2,1H3,(H,22,26). The number of hydrogen-bond donors (Lipinski definition) is 1. The summed E-state index contributed by atoms with van der Waals surface area (Å²) in [5.74, 6) is -1.45. The zero-order valence-electron chi connectivity index (χ0n) is 15.3. The third kappa shape index (κ3) is 5.57. The number of rotatable bonds is 8. The minimum Gasteiger partial charge on any atom is -0.496 e. The molecule has 8 nitrogen and oxygen atoms in total. The summed E-state index contributed by atoms with van der Waals surface area (Å²) < 4.78 is 10.0. The van der Waals surface area contributed by atoms with Crippen molar-refractivity contribution in [3.63, 3.8) is 0 Å². The Bertz CT molecular complexity index is 877. The summed E-state index contributed by atoms with van der Waals surface area (Å²) in [6.07, 6.45) is 0. The molecule has 0 atom stereocenters. The molecule has 0 saturated carbocycles. The maximum Gasteiger partial charge on any atom is 0.325 e. The maximum atomic E-state index is 12.3. The van der Waals surface area contributed by atoms with Crippen LogP contribution < -0.4 is 15.0 Å². The molecule has 0 fully saturated rings.